The van der Waals surface area contributed by atoms with Crippen LogP contribution >= 0.6 is 10.7 Å². The van der Waals surface area contributed by atoms with Crippen molar-refractivity contribution in [2.24, 2.45) is 5.92 Å². The van der Waals surface area contributed by atoms with E-state index in [2.05, 4.69) is 36.9 Å². The largest absolute Gasteiger partial charge is 0.175 e. The topological polar surface area (TPSA) is 12.0 Å². The second-order valence-corrected chi connectivity index (χ2v) is 7.80. The van der Waals surface area contributed by atoms with Crippen molar-refractivity contribution in [3.05, 3.63) is 21.9 Å². The van der Waals surface area contributed by atoms with Crippen LogP contribution in [-0.2, 0) is 6.42 Å². The summed E-state index contributed by atoms with van der Waals surface area (Å²) in [6.45, 7) is 8.02. The van der Waals surface area contributed by atoms with Crippen LogP contribution in [0.2, 0.25) is 0 Å². The van der Waals surface area contributed by atoms with Gasteiger partial charge in [0, 0.05) is 24.6 Å². The summed E-state index contributed by atoms with van der Waals surface area (Å²) in [5.41, 5.74) is 1.71. The van der Waals surface area contributed by atoms with E-state index in [1.165, 1.54) is 44.9 Å². The molecule has 2 atom stereocenters. The Morgan fingerprint density at radius 2 is 2.00 bits per heavy atom. The Kier molecular flexibility index (Phi) is 5.90. The van der Waals surface area contributed by atoms with Crippen LogP contribution < -0.4 is 4.72 Å². The van der Waals surface area contributed by atoms with Gasteiger partial charge in [-0.3, -0.25) is 0 Å². The van der Waals surface area contributed by atoms with Crippen LogP contribution in [0.25, 0.3) is 0 Å². The Morgan fingerprint density at radius 3 is 2.63 bits per heavy atom. The minimum Gasteiger partial charge on any atom is -0.118 e. The van der Waals surface area contributed by atoms with E-state index < -0.39 is 0 Å². The van der Waals surface area contributed by atoms with E-state index in [1.54, 1.807) is 10.4 Å². The van der Waals surface area contributed by atoms with Gasteiger partial charge in [-0.1, -0.05) is 39.5 Å². The number of nitrogens with one attached hydrogen (secondary N) is 1. The Hall–Kier alpha value is -0.340. The van der Waals surface area contributed by atoms with Crippen LogP contribution in [0.3, 0.4) is 0 Å². The zero-order chi connectivity index (χ0) is 13.7. The molecule has 1 heterocycles. The molecule has 1 nitrogen and oxygen atoms in total. The van der Waals surface area contributed by atoms with E-state index in [-0.39, 0.29) is 10.7 Å². The molecule has 1 aromatic heterocycles. The third-order valence-electron chi connectivity index (χ3n) is 4.55. The Balaban J connectivity index is 2.20. The van der Waals surface area contributed by atoms with Gasteiger partial charge < -0.3 is 0 Å². The third-order valence-corrected chi connectivity index (χ3v) is 6.49. The molecule has 0 aromatic carbocycles. The van der Waals surface area contributed by atoms with Gasteiger partial charge in [-0.2, -0.15) is 0 Å². The maximum absolute atomic E-state index is 3.68. The number of rotatable bonds is 6. The molecule has 1 saturated carbocycles. The van der Waals surface area contributed by atoms with Crippen molar-refractivity contribution in [1.82, 2.24) is 0 Å². The summed E-state index contributed by atoms with van der Waals surface area (Å²) in [6, 6.07) is 2.46. The molecule has 1 fully saturated rings. The molecule has 1 aliphatic carbocycles. The second kappa shape index (κ2) is 7.44. The molecular weight excluding hydrogens is 250 g/mol. The SMILES string of the molecule is CCN[s+]1ccc(C2CCCCC2)c1CC(C)CC. The van der Waals surface area contributed by atoms with Gasteiger partial charge in [-0.15, -0.1) is 4.72 Å². The van der Waals surface area contributed by atoms with E-state index in [0.717, 1.165) is 18.4 Å². The standard InChI is InChI=1S/C17H30NS/c1-4-14(3)13-17-16(11-12-19(17)18-5-2)15-9-7-6-8-10-15/h11-12,14-15,18H,4-10,13H2,1-3H3/q+1. The van der Waals surface area contributed by atoms with Crippen LogP contribution in [0.15, 0.2) is 11.4 Å². The van der Waals surface area contributed by atoms with E-state index in [0.29, 0.717) is 0 Å². The first-order valence-electron chi connectivity index (χ1n) is 8.14. The predicted molar refractivity (Wildman–Crippen MR) is 87.8 cm³/mol. The van der Waals surface area contributed by atoms with Crippen molar-refractivity contribution < 1.29 is 0 Å². The lowest BCUT2D eigenvalue weighted by molar-refractivity contribution is 0.440. The first-order valence-corrected chi connectivity index (χ1v) is 9.42. The lowest BCUT2D eigenvalue weighted by Crippen LogP contribution is -2.08. The molecule has 0 amide bonds. The highest BCUT2D eigenvalue weighted by atomic mass is 32.2. The molecule has 2 heteroatoms. The van der Waals surface area contributed by atoms with Gasteiger partial charge in [-0.05, 0) is 31.6 Å². The quantitative estimate of drug-likeness (QED) is 0.665. The average Bonchev–Trinajstić information content (AvgIpc) is 2.83. The molecule has 0 aliphatic heterocycles. The predicted octanol–water partition coefficient (Wildman–Crippen LogP) is 5.64. The first-order chi connectivity index (χ1) is 9.26. The first kappa shape index (κ1) is 15.1. The van der Waals surface area contributed by atoms with Gasteiger partial charge in [0.05, 0.1) is 10.7 Å². The summed E-state index contributed by atoms with van der Waals surface area (Å²) in [4.78, 5) is 1.74. The smallest absolute Gasteiger partial charge is 0.118 e. The van der Waals surface area contributed by atoms with Crippen LogP contribution in [-0.4, -0.2) is 6.54 Å². The fourth-order valence-electron chi connectivity index (χ4n) is 3.18. The van der Waals surface area contributed by atoms with Gasteiger partial charge in [0.1, 0.15) is 0 Å². The lowest BCUT2D eigenvalue weighted by Gasteiger charge is -2.21. The van der Waals surface area contributed by atoms with Crippen LogP contribution in [0.1, 0.15) is 75.7 Å². The van der Waals surface area contributed by atoms with Crippen molar-refractivity contribution in [3.8, 4) is 0 Å². The summed E-state index contributed by atoms with van der Waals surface area (Å²) < 4.78 is 3.68. The van der Waals surface area contributed by atoms with Gasteiger partial charge in [-0.25, -0.2) is 0 Å². The molecule has 1 aromatic rings. The fraction of sp³-hybridized carbons (Fsp3) is 0.765. The molecule has 1 N–H and O–H groups in total. The van der Waals surface area contributed by atoms with Crippen molar-refractivity contribution in [2.45, 2.75) is 71.6 Å². The van der Waals surface area contributed by atoms with E-state index in [9.17, 15) is 0 Å². The number of hydrogen-bond donors (Lipinski definition) is 1. The molecule has 108 valence electrons. The summed E-state index contributed by atoms with van der Waals surface area (Å²) in [7, 11) is 0.230. The van der Waals surface area contributed by atoms with Crippen LogP contribution in [0.5, 0.6) is 0 Å². The van der Waals surface area contributed by atoms with E-state index in [1.807, 2.05) is 0 Å². The molecule has 19 heavy (non-hydrogen) atoms. The maximum Gasteiger partial charge on any atom is 0.175 e. The third kappa shape index (κ3) is 3.82. The molecule has 2 rings (SSSR count). The average molecular weight is 281 g/mol. The van der Waals surface area contributed by atoms with Crippen LogP contribution in [0.4, 0.5) is 0 Å². The number of hydrogen-bond acceptors (Lipinski definition) is 1. The molecular formula is C17H30NS+. The summed E-state index contributed by atoms with van der Waals surface area (Å²) in [5, 5.41) is 2.44. The Bertz CT molecular complexity index is 377. The summed E-state index contributed by atoms with van der Waals surface area (Å²) in [5.74, 6) is 1.68. The minimum absolute atomic E-state index is 0.230. The summed E-state index contributed by atoms with van der Waals surface area (Å²) >= 11 is 0. The molecule has 1 aliphatic rings. The minimum atomic E-state index is 0.230. The molecule has 0 bridgehead atoms. The Morgan fingerprint density at radius 1 is 1.26 bits per heavy atom. The molecule has 0 saturated heterocycles. The highest BCUT2D eigenvalue weighted by Crippen LogP contribution is 2.40. The highest BCUT2D eigenvalue weighted by molar-refractivity contribution is 7.31. The van der Waals surface area contributed by atoms with E-state index >= 15 is 0 Å². The summed E-state index contributed by atoms with van der Waals surface area (Å²) in [6.07, 6.45) is 9.77. The number of thiophene rings is 1. The zero-order valence-corrected chi connectivity index (χ0v) is 13.7. The van der Waals surface area contributed by atoms with Gasteiger partial charge in [0.15, 0.2) is 10.3 Å². The molecule has 0 spiro atoms. The highest BCUT2D eigenvalue weighted by Gasteiger charge is 2.27. The van der Waals surface area contributed by atoms with Crippen LogP contribution in [0, 0.1) is 5.92 Å². The normalized spacial score (nSPS) is 19.6. The monoisotopic (exact) mass is 280 g/mol. The van der Waals surface area contributed by atoms with Crippen molar-refractivity contribution in [2.75, 3.05) is 11.3 Å². The maximum atomic E-state index is 3.68. The molecule has 0 radical (unpaired) electrons. The molecule has 2 unspecified atom stereocenters. The zero-order valence-electron chi connectivity index (χ0n) is 12.9. The van der Waals surface area contributed by atoms with Gasteiger partial charge in [0.2, 0.25) is 0 Å². The van der Waals surface area contributed by atoms with Crippen molar-refractivity contribution in [1.29, 1.82) is 0 Å². The Labute approximate surface area is 121 Å². The van der Waals surface area contributed by atoms with E-state index in [4.69, 9.17) is 0 Å². The van der Waals surface area contributed by atoms with Crippen molar-refractivity contribution >= 4 is 10.7 Å². The lowest BCUT2D eigenvalue weighted by atomic mass is 9.83. The van der Waals surface area contributed by atoms with Gasteiger partial charge >= 0.3 is 0 Å². The fourth-order valence-corrected chi connectivity index (χ4v) is 5.16. The van der Waals surface area contributed by atoms with Crippen molar-refractivity contribution in [3.63, 3.8) is 0 Å². The van der Waals surface area contributed by atoms with Gasteiger partial charge in [0.25, 0.3) is 0 Å². The second-order valence-electron chi connectivity index (χ2n) is 6.07.